The zero-order valence-electron chi connectivity index (χ0n) is 26.0. The van der Waals surface area contributed by atoms with E-state index in [4.69, 9.17) is 5.73 Å². The highest BCUT2D eigenvalue weighted by Gasteiger charge is 2.49. The van der Waals surface area contributed by atoms with Crippen LogP contribution in [-0.2, 0) is 31.1 Å². The Labute approximate surface area is 276 Å². The Morgan fingerprint density at radius 2 is 1.25 bits per heavy atom. The van der Waals surface area contributed by atoms with Crippen LogP contribution in [0.4, 0.5) is 8.78 Å². The molecular weight excluding hydrogens is 744 g/mol. The molecule has 0 aromatic heterocycles. The molecule has 4 rings (SSSR count). The summed E-state index contributed by atoms with van der Waals surface area (Å²) < 4.78 is 80.4. The van der Waals surface area contributed by atoms with Gasteiger partial charge in [0.25, 0.3) is 0 Å². The smallest absolute Gasteiger partial charge is 0.226 e. The molecular formula is C29H39Br2F2N5O4S2. The van der Waals surface area contributed by atoms with Crippen molar-refractivity contribution in [3.63, 3.8) is 0 Å². The lowest BCUT2D eigenvalue weighted by molar-refractivity contribution is 0.315. The fourth-order valence-corrected chi connectivity index (χ4v) is 9.01. The summed E-state index contributed by atoms with van der Waals surface area (Å²) in [6, 6.07) is 9.13. The second kappa shape index (κ2) is 12.0. The molecule has 0 radical (unpaired) electrons. The summed E-state index contributed by atoms with van der Waals surface area (Å²) in [5, 5.41) is 3.14. The Hall–Kier alpha value is -1.91. The first kappa shape index (κ1) is 36.6. The zero-order valence-corrected chi connectivity index (χ0v) is 30.8. The molecule has 2 aromatic carbocycles. The van der Waals surface area contributed by atoms with Gasteiger partial charge in [-0.3, -0.25) is 4.99 Å². The topological polar surface area (TPSA) is 125 Å². The summed E-state index contributed by atoms with van der Waals surface area (Å²) in [5.41, 5.74) is 4.98. The van der Waals surface area contributed by atoms with Crippen molar-refractivity contribution in [3.05, 3.63) is 80.4 Å². The maximum absolute atomic E-state index is 14.3. The van der Waals surface area contributed by atoms with Crippen LogP contribution in [0.3, 0.4) is 0 Å². The maximum Gasteiger partial charge on any atom is 0.226 e. The lowest BCUT2D eigenvalue weighted by atomic mass is 9.90. The summed E-state index contributed by atoms with van der Waals surface area (Å²) in [7, 11) is -4.31. The van der Waals surface area contributed by atoms with Gasteiger partial charge < -0.3 is 11.1 Å². The van der Waals surface area contributed by atoms with Gasteiger partial charge in [-0.25, -0.2) is 34.2 Å². The van der Waals surface area contributed by atoms with Crippen molar-refractivity contribution in [1.29, 1.82) is 0 Å². The molecule has 9 nitrogen and oxygen atoms in total. The van der Waals surface area contributed by atoms with Gasteiger partial charge in [-0.15, -0.1) is 0 Å². The van der Waals surface area contributed by atoms with E-state index in [0.29, 0.717) is 21.3 Å². The van der Waals surface area contributed by atoms with Crippen LogP contribution in [0.15, 0.2) is 62.6 Å². The number of amidine groups is 1. The van der Waals surface area contributed by atoms with Crippen molar-refractivity contribution >= 4 is 57.7 Å². The van der Waals surface area contributed by atoms with Crippen molar-refractivity contribution in [2.45, 2.75) is 62.1 Å². The van der Waals surface area contributed by atoms with Crippen LogP contribution < -0.4 is 11.1 Å². The highest BCUT2D eigenvalue weighted by Crippen LogP contribution is 2.38. The molecule has 2 aliphatic rings. The number of likely N-dealkylation sites (N-methyl/N-ethyl adjacent to an activating group) is 2. The van der Waals surface area contributed by atoms with Gasteiger partial charge in [0.15, 0.2) is 0 Å². The molecule has 1 fully saturated rings. The highest BCUT2D eigenvalue weighted by atomic mass is 79.9. The van der Waals surface area contributed by atoms with Crippen LogP contribution in [-0.4, -0.2) is 68.0 Å². The van der Waals surface area contributed by atoms with Gasteiger partial charge in [0, 0.05) is 53.0 Å². The highest BCUT2D eigenvalue weighted by molar-refractivity contribution is 9.10. The van der Waals surface area contributed by atoms with Crippen molar-refractivity contribution in [2.24, 2.45) is 10.7 Å². The van der Waals surface area contributed by atoms with Crippen molar-refractivity contribution in [3.8, 4) is 0 Å². The molecule has 0 bridgehead atoms. The van der Waals surface area contributed by atoms with Gasteiger partial charge in [-0.2, -0.15) is 0 Å². The number of halogens is 4. The average Bonchev–Trinajstić information content (AvgIpc) is 2.97. The number of hydrogen-bond donors (Lipinski definition) is 2. The molecule has 0 spiro atoms. The second-order valence-corrected chi connectivity index (χ2v) is 19.5. The summed E-state index contributed by atoms with van der Waals surface area (Å²) in [6.07, 6.45) is 0. The molecule has 44 heavy (non-hydrogen) atoms. The first-order chi connectivity index (χ1) is 19.8. The molecule has 1 saturated heterocycles. The summed E-state index contributed by atoms with van der Waals surface area (Å²) >= 11 is 6.64. The number of nitrogens with two attached hydrogens (primary N) is 1. The number of benzene rings is 2. The first-order valence-electron chi connectivity index (χ1n) is 13.5. The third-order valence-electron chi connectivity index (χ3n) is 8.35. The lowest BCUT2D eigenvalue weighted by Gasteiger charge is -2.33. The summed E-state index contributed by atoms with van der Waals surface area (Å²) in [5.74, 6) is -0.872. The maximum atomic E-state index is 14.3. The van der Waals surface area contributed by atoms with Gasteiger partial charge >= 0.3 is 0 Å². The molecule has 2 aromatic rings. The Balaban J connectivity index is 0.000000240. The number of nitrogens with one attached hydrogen (secondary N) is 1. The van der Waals surface area contributed by atoms with E-state index >= 15 is 0 Å². The van der Waals surface area contributed by atoms with Gasteiger partial charge in [0.2, 0.25) is 20.0 Å². The number of sulfonamides is 2. The molecule has 15 heteroatoms. The van der Waals surface area contributed by atoms with Crippen LogP contribution in [0.1, 0.15) is 52.7 Å². The minimum Gasteiger partial charge on any atom is -0.386 e. The molecule has 0 saturated carbocycles. The van der Waals surface area contributed by atoms with E-state index in [1.807, 2.05) is 0 Å². The number of rotatable bonds is 2. The SMILES string of the molecule is C=C1N[C@](C)(c2cc(Br)ccc2F)CN(C)S(=O)(=O)C1(C)C.CN1C[C@@](C)(c2cc(Br)ccc2F)N=C(N)C(C)(C)S1(=O)=O. The lowest BCUT2D eigenvalue weighted by Crippen LogP contribution is -2.50. The van der Waals surface area contributed by atoms with Crippen LogP contribution in [0, 0.1) is 11.6 Å². The van der Waals surface area contributed by atoms with E-state index in [1.165, 1.54) is 48.7 Å². The summed E-state index contributed by atoms with van der Waals surface area (Å²) in [4.78, 5) is 4.39. The molecule has 244 valence electrons. The predicted octanol–water partition coefficient (Wildman–Crippen LogP) is 5.17. The number of aliphatic imine (C=N–C) groups is 1. The molecule has 2 heterocycles. The molecule has 3 N–H and O–H groups in total. The Morgan fingerprint density at radius 1 is 0.818 bits per heavy atom. The Bertz CT molecular complexity index is 1720. The molecule has 0 amide bonds. The standard InChI is InChI=1S/C15H20BrFN2O2S.C14H19BrFN3O2S/c1-10-14(2,3)22(20,21)19(5)9-15(4,18-10)12-8-11(16)6-7-13(12)17;1-13(2)12(17)18-14(3,8-19(4)22(13,20)21)10-7-9(15)5-6-11(10)16/h6-8,18H,1,9H2,2-5H3;5-7H,8H2,1-4H3,(H2,17,18)/t15-;14-/m00/s1. The normalized spacial score (nSPS) is 28.0. The first-order valence-corrected chi connectivity index (χ1v) is 18.0. The molecule has 0 unspecified atom stereocenters. The number of nitrogens with zero attached hydrogens (tertiary/aromatic N) is 3. The third-order valence-corrected chi connectivity index (χ3v) is 14.3. The number of hydrogen-bond acceptors (Lipinski definition) is 7. The van der Waals surface area contributed by atoms with Crippen LogP contribution >= 0.6 is 31.9 Å². The zero-order chi connectivity index (χ0) is 33.8. The van der Waals surface area contributed by atoms with Crippen molar-refractivity contribution in [2.75, 3.05) is 27.2 Å². The Morgan fingerprint density at radius 3 is 1.77 bits per heavy atom. The third kappa shape index (κ3) is 6.37. The summed E-state index contributed by atoms with van der Waals surface area (Å²) in [6.45, 7) is 13.6. The molecule has 2 atom stereocenters. The fraction of sp³-hybridized carbons (Fsp3) is 0.483. The largest absolute Gasteiger partial charge is 0.386 e. The predicted molar refractivity (Wildman–Crippen MR) is 178 cm³/mol. The van der Waals surface area contributed by atoms with E-state index in [1.54, 1.807) is 52.0 Å². The fourth-order valence-electron chi connectivity index (χ4n) is 5.20. The molecule has 0 aliphatic carbocycles. The quantitative estimate of drug-likeness (QED) is 0.433. The van der Waals surface area contributed by atoms with Gasteiger partial charge in [0.1, 0.15) is 32.5 Å². The van der Waals surface area contributed by atoms with E-state index in [2.05, 4.69) is 48.7 Å². The van der Waals surface area contributed by atoms with Crippen LogP contribution in [0.2, 0.25) is 0 Å². The minimum atomic E-state index is -3.68. The van der Waals surface area contributed by atoms with E-state index in [-0.39, 0.29) is 18.9 Å². The van der Waals surface area contributed by atoms with Crippen molar-refractivity contribution in [1.82, 2.24) is 13.9 Å². The van der Waals surface area contributed by atoms with Gasteiger partial charge in [-0.05, 0) is 77.9 Å². The van der Waals surface area contributed by atoms with E-state index in [0.717, 1.165) is 4.47 Å². The van der Waals surface area contributed by atoms with Gasteiger partial charge in [-0.1, -0.05) is 38.4 Å². The van der Waals surface area contributed by atoms with E-state index < -0.39 is 52.3 Å². The average molecular weight is 784 g/mol. The van der Waals surface area contributed by atoms with Crippen LogP contribution in [0.5, 0.6) is 0 Å². The second-order valence-electron chi connectivity index (χ2n) is 12.5. The Kier molecular flexibility index (Phi) is 10.00. The monoisotopic (exact) mass is 781 g/mol. The van der Waals surface area contributed by atoms with E-state index in [9.17, 15) is 25.6 Å². The molecule has 2 aliphatic heterocycles. The van der Waals surface area contributed by atoms with Crippen LogP contribution in [0.25, 0.3) is 0 Å². The minimum absolute atomic E-state index is 0.00678. The van der Waals surface area contributed by atoms with Gasteiger partial charge in [0.05, 0.1) is 5.54 Å². The van der Waals surface area contributed by atoms with Crippen molar-refractivity contribution < 1.29 is 25.6 Å².